The Bertz CT molecular complexity index is 233. The highest BCUT2D eigenvalue weighted by atomic mass is 16.5. The van der Waals surface area contributed by atoms with Crippen molar-refractivity contribution in [1.82, 2.24) is 10.6 Å². The zero-order valence-corrected chi connectivity index (χ0v) is 7.37. The molecule has 2 unspecified atom stereocenters. The number of nitrogens with one attached hydrogen (secondary N) is 2. The van der Waals surface area contributed by atoms with Crippen molar-refractivity contribution in [3.63, 3.8) is 0 Å². The van der Waals surface area contributed by atoms with E-state index in [1.54, 1.807) is 0 Å². The van der Waals surface area contributed by atoms with Gasteiger partial charge in [-0.05, 0) is 6.08 Å². The van der Waals surface area contributed by atoms with Gasteiger partial charge < -0.3 is 15.4 Å². The lowest BCUT2D eigenvalue weighted by Crippen LogP contribution is -2.44. The Morgan fingerprint density at radius 2 is 2.08 bits per heavy atom. The summed E-state index contributed by atoms with van der Waals surface area (Å²) in [5, 5.41) is 6.37. The number of allylic oxidation sites excluding steroid dienone is 1. The quantitative estimate of drug-likeness (QED) is 0.607. The molecule has 0 aromatic heterocycles. The van der Waals surface area contributed by atoms with Crippen LogP contribution in [0.1, 0.15) is 13.8 Å². The molecular weight excluding hydrogens is 152 g/mol. The van der Waals surface area contributed by atoms with Gasteiger partial charge in [0, 0.05) is 18.3 Å². The van der Waals surface area contributed by atoms with Gasteiger partial charge in [0.25, 0.3) is 0 Å². The Balaban J connectivity index is 2.08. The highest BCUT2D eigenvalue weighted by molar-refractivity contribution is 5.15. The molecule has 2 aliphatic rings. The van der Waals surface area contributed by atoms with Crippen LogP contribution in [0.15, 0.2) is 24.2 Å². The van der Waals surface area contributed by atoms with Crippen molar-refractivity contribution >= 4 is 0 Å². The summed E-state index contributed by atoms with van der Waals surface area (Å²) in [5.41, 5.74) is 0. The van der Waals surface area contributed by atoms with Gasteiger partial charge in [0.05, 0.1) is 5.76 Å². The summed E-state index contributed by atoms with van der Waals surface area (Å²) in [4.78, 5) is 0. The van der Waals surface area contributed by atoms with Gasteiger partial charge >= 0.3 is 0 Å². The molecule has 0 spiro atoms. The SMILES string of the molecule is CC(C)C1=CC2NC=CNC2O1. The lowest BCUT2D eigenvalue weighted by Gasteiger charge is -2.23. The molecule has 3 nitrogen and oxygen atoms in total. The summed E-state index contributed by atoms with van der Waals surface area (Å²) in [5.74, 6) is 1.55. The zero-order chi connectivity index (χ0) is 8.55. The summed E-state index contributed by atoms with van der Waals surface area (Å²) >= 11 is 0. The minimum Gasteiger partial charge on any atom is -0.473 e. The lowest BCUT2D eigenvalue weighted by molar-refractivity contribution is 0.0897. The molecule has 0 aromatic carbocycles. The van der Waals surface area contributed by atoms with Crippen molar-refractivity contribution in [2.24, 2.45) is 5.92 Å². The number of hydrogen-bond acceptors (Lipinski definition) is 3. The van der Waals surface area contributed by atoms with Gasteiger partial charge in [-0.2, -0.15) is 0 Å². The zero-order valence-electron chi connectivity index (χ0n) is 7.37. The van der Waals surface area contributed by atoms with Crippen LogP contribution in [-0.4, -0.2) is 12.3 Å². The van der Waals surface area contributed by atoms with Crippen LogP contribution < -0.4 is 10.6 Å². The second-order valence-electron chi connectivity index (χ2n) is 3.45. The van der Waals surface area contributed by atoms with E-state index in [2.05, 4.69) is 30.6 Å². The summed E-state index contributed by atoms with van der Waals surface area (Å²) in [6, 6.07) is 0.299. The van der Waals surface area contributed by atoms with E-state index >= 15 is 0 Å². The van der Waals surface area contributed by atoms with Gasteiger partial charge in [0.1, 0.15) is 6.04 Å². The molecule has 0 bridgehead atoms. The molecule has 2 heterocycles. The third-order valence-electron chi connectivity index (χ3n) is 2.13. The highest BCUT2D eigenvalue weighted by Gasteiger charge is 2.30. The van der Waals surface area contributed by atoms with Crippen LogP contribution in [0.5, 0.6) is 0 Å². The Morgan fingerprint density at radius 3 is 2.75 bits per heavy atom. The van der Waals surface area contributed by atoms with Gasteiger partial charge in [-0.25, -0.2) is 0 Å². The molecule has 2 rings (SSSR count). The van der Waals surface area contributed by atoms with E-state index in [-0.39, 0.29) is 6.23 Å². The molecule has 0 aliphatic carbocycles. The van der Waals surface area contributed by atoms with Gasteiger partial charge in [0.2, 0.25) is 0 Å². The van der Waals surface area contributed by atoms with E-state index < -0.39 is 0 Å². The van der Waals surface area contributed by atoms with E-state index in [4.69, 9.17) is 4.74 Å². The maximum atomic E-state index is 5.66. The molecule has 12 heavy (non-hydrogen) atoms. The first-order valence-corrected chi connectivity index (χ1v) is 4.33. The van der Waals surface area contributed by atoms with Crippen LogP contribution in [0.25, 0.3) is 0 Å². The first-order valence-electron chi connectivity index (χ1n) is 4.33. The molecule has 0 amide bonds. The van der Waals surface area contributed by atoms with Crippen LogP contribution in [0.2, 0.25) is 0 Å². The second-order valence-corrected chi connectivity index (χ2v) is 3.45. The fraction of sp³-hybridized carbons (Fsp3) is 0.556. The molecule has 0 fully saturated rings. The summed E-state index contributed by atoms with van der Waals surface area (Å²) in [6.07, 6.45) is 6.02. The van der Waals surface area contributed by atoms with Crippen molar-refractivity contribution in [2.75, 3.05) is 0 Å². The lowest BCUT2D eigenvalue weighted by atomic mass is 10.1. The normalized spacial score (nSPS) is 31.8. The van der Waals surface area contributed by atoms with Gasteiger partial charge in [0.15, 0.2) is 6.23 Å². The van der Waals surface area contributed by atoms with E-state index in [0.717, 1.165) is 5.76 Å². The van der Waals surface area contributed by atoms with Crippen LogP contribution in [0.4, 0.5) is 0 Å². The molecule has 0 radical (unpaired) electrons. The third kappa shape index (κ3) is 1.15. The van der Waals surface area contributed by atoms with Crippen molar-refractivity contribution in [3.05, 3.63) is 24.2 Å². The standard InChI is InChI=1S/C9H14N2O/c1-6(2)8-5-7-9(12-8)11-4-3-10-7/h3-7,9-11H,1-2H3. The first kappa shape index (κ1) is 7.53. The van der Waals surface area contributed by atoms with Crippen LogP contribution in [0.3, 0.4) is 0 Å². The molecule has 0 aromatic rings. The fourth-order valence-electron chi connectivity index (χ4n) is 1.43. The Hall–Kier alpha value is -1.12. The first-order chi connectivity index (χ1) is 5.77. The number of ether oxygens (including phenoxy) is 1. The maximum Gasteiger partial charge on any atom is 0.193 e. The van der Waals surface area contributed by atoms with E-state index in [9.17, 15) is 0 Å². The van der Waals surface area contributed by atoms with Crippen molar-refractivity contribution < 1.29 is 4.74 Å². The smallest absolute Gasteiger partial charge is 0.193 e. The predicted octanol–water partition coefficient (Wildman–Crippen LogP) is 0.915. The maximum absolute atomic E-state index is 5.66. The van der Waals surface area contributed by atoms with Crippen LogP contribution in [-0.2, 0) is 4.74 Å². The number of rotatable bonds is 1. The Labute approximate surface area is 72.5 Å². The summed E-state index contributed by atoms with van der Waals surface area (Å²) < 4.78 is 5.66. The number of fused-ring (bicyclic) bond motifs is 1. The van der Waals surface area contributed by atoms with E-state index in [0.29, 0.717) is 12.0 Å². The largest absolute Gasteiger partial charge is 0.473 e. The topological polar surface area (TPSA) is 33.3 Å². The van der Waals surface area contributed by atoms with E-state index in [1.165, 1.54) is 0 Å². The van der Waals surface area contributed by atoms with Crippen molar-refractivity contribution in [2.45, 2.75) is 26.1 Å². The molecule has 0 saturated carbocycles. The fourth-order valence-corrected chi connectivity index (χ4v) is 1.43. The summed E-state index contributed by atoms with van der Waals surface area (Å²) in [6.45, 7) is 4.27. The molecule has 66 valence electrons. The van der Waals surface area contributed by atoms with Gasteiger partial charge in [-0.15, -0.1) is 0 Å². The number of hydrogen-bond donors (Lipinski definition) is 2. The summed E-state index contributed by atoms with van der Waals surface area (Å²) in [7, 11) is 0. The molecule has 0 saturated heterocycles. The molecule has 2 N–H and O–H groups in total. The third-order valence-corrected chi connectivity index (χ3v) is 2.13. The van der Waals surface area contributed by atoms with Crippen molar-refractivity contribution in [1.29, 1.82) is 0 Å². The van der Waals surface area contributed by atoms with Gasteiger partial charge in [-0.1, -0.05) is 13.8 Å². The minimum absolute atomic E-state index is 0.0902. The Morgan fingerprint density at radius 1 is 1.33 bits per heavy atom. The molecule has 2 aliphatic heterocycles. The minimum atomic E-state index is 0.0902. The van der Waals surface area contributed by atoms with E-state index in [1.807, 2.05) is 12.4 Å². The second kappa shape index (κ2) is 2.73. The van der Waals surface area contributed by atoms with Crippen LogP contribution in [0, 0.1) is 5.92 Å². The molecule has 2 atom stereocenters. The molecular formula is C9H14N2O. The van der Waals surface area contributed by atoms with Crippen molar-refractivity contribution in [3.8, 4) is 0 Å². The Kier molecular flexibility index (Phi) is 1.71. The van der Waals surface area contributed by atoms with Crippen LogP contribution >= 0.6 is 0 Å². The average Bonchev–Trinajstić information content (AvgIpc) is 2.46. The highest BCUT2D eigenvalue weighted by Crippen LogP contribution is 2.23. The van der Waals surface area contributed by atoms with Gasteiger partial charge in [-0.3, -0.25) is 0 Å². The predicted molar refractivity (Wildman–Crippen MR) is 47.0 cm³/mol. The average molecular weight is 166 g/mol. The molecule has 3 heteroatoms. The monoisotopic (exact) mass is 166 g/mol.